The maximum Gasteiger partial charge on any atom is 0.253 e. The van der Waals surface area contributed by atoms with E-state index in [2.05, 4.69) is 0 Å². The van der Waals surface area contributed by atoms with Crippen LogP contribution in [0.15, 0.2) is 18.2 Å². The van der Waals surface area contributed by atoms with Crippen molar-refractivity contribution in [2.75, 3.05) is 20.2 Å². The van der Waals surface area contributed by atoms with Gasteiger partial charge in [0.2, 0.25) is 0 Å². The van der Waals surface area contributed by atoms with Gasteiger partial charge in [-0.1, -0.05) is 19.3 Å². The average Bonchev–Trinajstić information content (AvgIpc) is 2.37. The summed E-state index contributed by atoms with van der Waals surface area (Å²) in [5.74, 6) is -0.395. The van der Waals surface area contributed by atoms with Gasteiger partial charge in [-0.2, -0.15) is 0 Å². The van der Waals surface area contributed by atoms with Gasteiger partial charge in [-0.25, -0.2) is 4.39 Å². The Labute approximate surface area is 113 Å². The topological polar surface area (TPSA) is 29.5 Å². The summed E-state index contributed by atoms with van der Waals surface area (Å²) >= 11 is 0. The molecule has 0 aliphatic carbocycles. The lowest BCUT2D eigenvalue weighted by atomic mass is 10.1. The first-order valence-corrected chi connectivity index (χ1v) is 6.85. The quantitative estimate of drug-likeness (QED) is 0.821. The third-order valence-corrected chi connectivity index (χ3v) is 3.54. The van der Waals surface area contributed by atoms with Gasteiger partial charge >= 0.3 is 0 Å². The molecule has 0 aromatic heterocycles. The molecule has 0 atom stereocenters. The second-order valence-corrected chi connectivity index (χ2v) is 4.91. The predicted molar refractivity (Wildman–Crippen MR) is 71.9 cm³/mol. The Kier molecular flexibility index (Phi) is 4.77. The summed E-state index contributed by atoms with van der Waals surface area (Å²) < 4.78 is 18.5. The summed E-state index contributed by atoms with van der Waals surface area (Å²) in [6.45, 7) is 1.54. The largest absolute Gasteiger partial charge is 0.494 e. The first kappa shape index (κ1) is 13.8. The van der Waals surface area contributed by atoms with Gasteiger partial charge in [0.15, 0.2) is 11.6 Å². The summed E-state index contributed by atoms with van der Waals surface area (Å²) in [7, 11) is 1.41. The molecule has 0 spiro atoms. The fourth-order valence-electron chi connectivity index (χ4n) is 2.43. The summed E-state index contributed by atoms with van der Waals surface area (Å²) in [5, 5.41) is 0. The molecule has 0 radical (unpaired) electrons. The number of hydrogen-bond donors (Lipinski definition) is 0. The minimum absolute atomic E-state index is 0.0801. The molecule has 1 aliphatic rings. The van der Waals surface area contributed by atoms with Crippen LogP contribution in [0.1, 0.15) is 42.5 Å². The van der Waals surface area contributed by atoms with E-state index in [0.717, 1.165) is 25.9 Å². The SMILES string of the molecule is COc1ccc(C(=O)N2CCCCCCC2)cc1F. The Balaban J connectivity index is 2.11. The van der Waals surface area contributed by atoms with Crippen molar-refractivity contribution in [3.8, 4) is 5.75 Å². The van der Waals surface area contributed by atoms with Crippen molar-refractivity contribution in [3.05, 3.63) is 29.6 Å². The standard InChI is InChI=1S/C15H20FNO2/c1-19-14-8-7-12(11-13(14)16)15(18)17-9-5-3-2-4-6-10-17/h7-8,11H,2-6,9-10H2,1H3. The van der Waals surface area contributed by atoms with Crippen LogP contribution in [0.5, 0.6) is 5.75 Å². The summed E-state index contributed by atoms with van der Waals surface area (Å²) in [5.41, 5.74) is 0.402. The monoisotopic (exact) mass is 265 g/mol. The fourth-order valence-corrected chi connectivity index (χ4v) is 2.43. The van der Waals surface area contributed by atoms with E-state index in [1.54, 1.807) is 6.07 Å². The van der Waals surface area contributed by atoms with Crippen molar-refractivity contribution >= 4 is 5.91 Å². The van der Waals surface area contributed by atoms with Gasteiger partial charge in [0.05, 0.1) is 7.11 Å². The van der Waals surface area contributed by atoms with Crippen molar-refractivity contribution in [3.63, 3.8) is 0 Å². The first-order chi connectivity index (χ1) is 9.22. The molecular formula is C15H20FNO2. The number of carbonyl (C=O) groups is 1. The molecule has 19 heavy (non-hydrogen) atoms. The Morgan fingerprint density at radius 2 is 1.79 bits per heavy atom. The first-order valence-electron chi connectivity index (χ1n) is 6.85. The molecule has 1 heterocycles. The van der Waals surface area contributed by atoms with Gasteiger partial charge in [-0.05, 0) is 31.0 Å². The maximum atomic E-state index is 13.6. The zero-order valence-electron chi connectivity index (χ0n) is 11.3. The highest BCUT2D eigenvalue weighted by molar-refractivity contribution is 5.94. The molecule has 3 nitrogen and oxygen atoms in total. The van der Waals surface area contributed by atoms with Crippen molar-refractivity contribution < 1.29 is 13.9 Å². The van der Waals surface area contributed by atoms with Gasteiger partial charge in [0, 0.05) is 18.7 Å². The molecule has 0 bridgehead atoms. The molecule has 1 aromatic rings. The molecule has 1 saturated heterocycles. The van der Waals surface area contributed by atoms with E-state index < -0.39 is 5.82 Å². The number of nitrogens with zero attached hydrogens (tertiary/aromatic N) is 1. The van der Waals surface area contributed by atoms with Crippen LogP contribution >= 0.6 is 0 Å². The average molecular weight is 265 g/mol. The van der Waals surface area contributed by atoms with Gasteiger partial charge < -0.3 is 9.64 Å². The summed E-state index contributed by atoms with van der Waals surface area (Å²) in [6.07, 6.45) is 5.65. The number of methoxy groups -OCH3 is 1. The summed E-state index contributed by atoms with van der Waals surface area (Å²) in [6, 6.07) is 4.40. The number of benzene rings is 1. The molecule has 1 aromatic carbocycles. The Hall–Kier alpha value is -1.58. The molecule has 0 saturated carbocycles. The van der Waals surface area contributed by atoms with Gasteiger partial charge in [-0.15, -0.1) is 0 Å². The fraction of sp³-hybridized carbons (Fsp3) is 0.533. The van der Waals surface area contributed by atoms with E-state index in [9.17, 15) is 9.18 Å². The van der Waals surface area contributed by atoms with Crippen LogP contribution < -0.4 is 4.74 Å². The van der Waals surface area contributed by atoms with Crippen molar-refractivity contribution in [1.29, 1.82) is 0 Å². The predicted octanol–water partition coefficient (Wildman–Crippen LogP) is 3.24. The molecule has 104 valence electrons. The molecule has 4 heteroatoms. The Bertz CT molecular complexity index is 440. The van der Waals surface area contributed by atoms with E-state index in [1.807, 2.05) is 4.90 Å². The number of likely N-dealkylation sites (tertiary alicyclic amines) is 1. The number of carbonyl (C=O) groups excluding carboxylic acids is 1. The highest BCUT2D eigenvalue weighted by Crippen LogP contribution is 2.20. The molecule has 2 rings (SSSR count). The minimum atomic E-state index is -0.486. The van der Waals surface area contributed by atoms with Crippen LogP contribution in [0.3, 0.4) is 0 Å². The number of hydrogen-bond acceptors (Lipinski definition) is 2. The molecule has 0 unspecified atom stereocenters. The summed E-state index contributed by atoms with van der Waals surface area (Å²) in [4.78, 5) is 14.2. The smallest absolute Gasteiger partial charge is 0.253 e. The Morgan fingerprint density at radius 1 is 1.16 bits per heavy atom. The lowest BCUT2D eigenvalue weighted by Gasteiger charge is -2.25. The normalized spacial score (nSPS) is 16.6. The van der Waals surface area contributed by atoms with Crippen LogP contribution in [-0.4, -0.2) is 31.0 Å². The highest BCUT2D eigenvalue weighted by Gasteiger charge is 2.18. The third kappa shape index (κ3) is 3.46. The van der Waals surface area contributed by atoms with Gasteiger partial charge in [0.1, 0.15) is 0 Å². The zero-order valence-corrected chi connectivity index (χ0v) is 11.3. The van der Waals surface area contributed by atoms with Crippen LogP contribution in [0.25, 0.3) is 0 Å². The maximum absolute atomic E-state index is 13.6. The Morgan fingerprint density at radius 3 is 2.37 bits per heavy atom. The lowest BCUT2D eigenvalue weighted by Crippen LogP contribution is -2.33. The van der Waals surface area contributed by atoms with E-state index in [1.165, 1.54) is 38.5 Å². The van der Waals surface area contributed by atoms with Crippen LogP contribution in [0.4, 0.5) is 4.39 Å². The second-order valence-electron chi connectivity index (χ2n) is 4.91. The van der Waals surface area contributed by atoms with Gasteiger partial charge in [-0.3, -0.25) is 4.79 Å². The van der Waals surface area contributed by atoms with Crippen LogP contribution in [-0.2, 0) is 0 Å². The van der Waals surface area contributed by atoms with Crippen molar-refractivity contribution in [2.45, 2.75) is 32.1 Å². The van der Waals surface area contributed by atoms with Crippen LogP contribution in [0.2, 0.25) is 0 Å². The molecule has 1 fully saturated rings. The van der Waals surface area contributed by atoms with E-state index in [4.69, 9.17) is 4.74 Å². The van der Waals surface area contributed by atoms with E-state index >= 15 is 0 Å². The van der Waals surface area contributed by atoms with Gasteiger partial charge in [0.25, 0.3) is 5.91 Å². The highest BCUT2D eigenvalue weighted by atomic mass is 19.1. The minimum Gasteiger partial charge on any atom is -0.494 e. The number of ether oxygens (including phenoxy) is 1. The van der Waals surface area contributed by atoms with E-state index in [0.29, 0.717) is 5.56 Å². The number of halogens is 1. The molecule has 1 amide bonds. The molecule has 1 aliphatic heterocycles. The number of amides is 1. The second kappa shape index (κ2) is 6.55. The van der Waals surface area contributed by atoms with Crippen molar-refractivity contribution in [1.82, 2.24) is 4.90 Å². The lowest BCUT2D eigenvalue weighted by molar-refractivity contribution is 0.0742. The third-order valence-electron chi connectivity index (χ3n) is 3.54. The molecular weight excluding hydrogens is 245 g/mol. The number of rotatable bonds is 2. The van der Waals surface area contributed by atoms with Crippen molar-refractivity contribution in [2.24, 2.45) is 0 Å². The zero-order chi connectivity index (χ0) is 13.7. The van der Waals surface area contributed by atoms with Crippen LogP contribution in [0, 0.1) is 5.82 Å². The van der Waals surface area contributed by atoms with E-state index in [-0.39, 0.29) is 11.7 Å². The molecule has 0 N–H and O–H groups in total.